The lowest BCUT2D eigenvalue weighted by atomic mass is 9.93. The summed E-state index contributed by atoms with van der Waals surface area (Å²) in [5.41, 5.74) is -1.76. The average molecular weight is 186 g/mol. The largest absolute Gasteiger partial charge is 0.287 e. The molecule has 0 aromatic carbocycles. The standard InChI is InChI=1S/C10H12F2O/c1-2-3-5-10(12)6-4-9(13)8(11)7-10/h4,6-7H,2-3,5H2,1H3. The second-order valence-corrected chi connectivity index (χ2v) is 3.22. The first-order valence-electron chi connectivity index (χ1n) is 4.38. The van der Waals surface area contributed by atoms with Crippen LogP contribution in [0.1, 0.15) is 26.2 Å². The highest BCUT2D eigenvalue weighted by Gasteiger charge is 2.29. The van der Waals surface area contributed by atoms with E-state index in [1.807, 2.05) is 6.92 Å². The van der Waals surface area contributed by atoms with Gasteiger partial charge in [0.2, 0.25) is 5.78 Å². The van der Waals surface area contributed by atoms with Crippen molar-refractivity contribution >= 4 is 5.78 Å². The molecule has 1 aliphatic carbocycles. The molecular formula is C10H12F2O. The predicted octanol–water partition coefficient (Wildman–Crippen LogP) is 2.88. The summed E-state index contributed by atoms with van der Waals surface area (Å²) in [7, 11) is 0. The molecule has 0 aromatic rings. The van der Waals surface area contributed by atoms with E-state index in [0.717, 1.165) is 24.6 Å². The Morgan fingerprint density at radius 1 is 1.54 bits per heavy atom. The van der Waals surface area contributed by atoms with Crippen molar-refractivity contribution in [3.63, 3.8) is 0 Å². The molecule has 0 amide bonds. The number of hydrogen-bond acceptors (Lipinski definition) is 1. The smallest absolute Gasteiger partial charge is 0.213 e. The first-order valence-corrected chi connectivity index (χ1v) is 4.38. The monoisotopic (exact) mass is 186 g/mol. The van der Waals surface area contributed by atoms with Crippen LogP contribution in [0.2, 0.25) is 0 Å². The quantitative estimate of drug-likeness (QED) is 0.662. The molecule has 0 bridgehead atoms. The fraction of sp³-hybridized carbons (Fsp3) is 0.500. The molecule has 3 heteroatoms. The van der Waals surface area contributed by atoms with E-state index in [1.165, 1.54) is 0 Å². The molecule has 1 atom stereocenters. The van der Waals surface area contributed by atoms with E-state index in [4.69, 9.17) is 0 Å². The van der Waals surface area contributed by atoms with Crippen molar-refractivity contribution in [1.29, 1.82) is 0 Å². The molecule has 0 radical (unpaired) electrons. The van der Waals surface area contributed by atoms with Crippen LogP contribution in [0.5, 0.6) is 0 Å². The lowest BCUT2D eigenvalue weighted by molar-refractivity contribution is -0.113. The Balaban J connectivity index is 2.70. The van der Waals surface area contributed by atoms with Gasteiger partial charge in [-0.2, -0.15) is 0 Å². The third kappa shape index (κ3) is 2.47. The van der Waals surface area contributed by atoms with Crippen molar-refractivity contribution in [2.24, 2.45) is 0 Å². The van der Waals surface area contributed by atoms with Crippen LogP contribution in [0, 0.1) is 0 Å². The normalized spacial score (nSPS) is 27.6. The molecule has 0 saturated carbocycles. The highest BCUT2D eigenvalue weighted by atomic mass is 19.1. The molecule has 0 heterocycles. The first kappa shape index (κ1) is 10.1. The molecule has 72 valence electrons. The van der Waals surface area contributed by atoms with Crippen molar-refractivity contribution in [2.45, 2.75) is 31.9 Å². The maximum absolute atomic E-state index is 13.6. The maximum Gasteiger partial charge on any atom is 0.213 e. The van der Waals surface area contributed by atoms with Crippen LogP contribution in [0.3, 0.4) is 0 Å². The van der Waals surface area contributed by atoms with Crippen LogP contribution in [0.4, 0.5) is 8.78 Å². The molecule has 13 heavy (non-hydrogen) atoms. The van der Waals surface area contributed by atoms with Crippen LogP contribution in [-0.4, -0.2) is 11.5 Å². The Labute approximate surface area is 76.1 Å². The van der Waals surface area contributed by atoms with E-state index in [2.05, 4.69) is 0 Å². The predicted molar refractivity (Wildman–Crippen MR) is 46.7 cm³/mol. The third-order valence-electron chi connectivity index (χ3n) is 2.03. The van der Waals surface area contributed by atoms with E-state index < -0.39 is 17.3 Å². The molecule has 1 nitrogen and oxygen atoms in total. The Morgan fingerprint density at radius 3 is 2.77 bits per heavy atom. The number of carbonyl (C=O) groups is 1. The molecular weight excluding hydrogens is 174 g/mol. The van der Waals surface area contributed by atoms with E-state index in [9.17, 15) is 13.6 Å². The van der Waals surface area contributed by atoms with Gasteiger partial charge in [-0.1, -0.05) is 13.3 Å². The minimum Gasteiger partial charge on any atom is -0.287 e. The second-order valence-electron chi connectivity index (χ2n) is 3.22. The van der Waals surface area contributed by atoms with Crippen LogP contribution in [0.15, 0.2) is 24.1 Å². The van der Waals surface area contributed by atoms with Crippen LogP contribution >= 0.6 is 0 Å². The minimum absolute atomic E-state index is 0.237. The van der Waals surface area contributed by atoms with E-state index in [1.54, 1.807) is 0 Å². The molecule has 0 aromatic heterocycles. The SMILES string of the molecule is CCCCC1(F)C=CC(=O)C(F)=C1. The number of hydrogen-bond donors (Lipinski definition) is 0. The number of ketones is 1. The second kappa shape index (κ2) is 3.81. The zero-order valence-corrected chi connectivity index (χ0v) is 7.52. The average Bonchev–Trinajstić information content (AvgIpc) is 2.09. The van der Waals surface area contributed by atoms with Crippen LogP contribution in [-0.2, 0) is 4.79 Å². The lowest BCUT2D eigenvalue weighted by Crippen LogP contribution is -2.21. The summed E-state index contributed by atoms with van der Waals surface area (Å²) in [4.78, 5) is 10.7. The fourth-order valence-corrected chi connectivity index (χ4v) is 1.23. The summed E-state index contributed by atoms with van der Waals surface area (Å²) in [6, 6.07) is 0. The van der Waals surface area contributed by atoms with Gasteiger partial charge < -0.3 is 0 Å². The molecule has 0 fully saturated rings. The maximum atomic E-state index is 13.6. The number of allylic oxidation sites excluding steroid dienone is 4. The van der Waals surface area contributed by atoms with E-state index in [-0.39, 0.29) is 6.42 Å². The van der Waals surface area contributed by atoms with E-state index in [0.29, 0.717) is 6.42 Å². The Morgan fingerprint density at radius 2 is 2.23 bits per heavy atom. The highest BCUT2D eigenvalue weighted by molar-refractivity contribution is 6.03. The first-order chi connectivity index (χ1) is 6.07. The van der Waals surface area contributed by atoms with Gasteiger partial charge in [0.25, 0.3) is 0 Å². The van der Waals surface area contributed by atoms with Gasteiger partial charge in [0, 0.05) is 0 Å². The summed E-state index contributed by atoms with van der Waals surface area (Å²) >= 11 is 0. The Kier molecular flexibility index (Phi) is 2.96. The summed E-state index contributed by atoms with van der Waals surface area (Å²) < 4.78 is 26.3. The Bertz CT molecular complexity index is 268. The number of carbonyl (C=O) groups excluding carboxylic acids is 1. The van der Waals surface area contributed by atoms with Crippen LogP contribution < -0.4 is 0 Å². The highest BCUT2D eigenvalue weighted by Crippen LogP contribution is 2.28. The molecule has 0 saturated heterocycles. The Hall–Kier alpha value is -0.990. The zero-order valence-electron chi connectivity index (χ0n) is 7.52. The molecule has 1 unspecified atom stereocenters. The van der Waals surface area contributed by atoms with Gasteiger partial charge in [-0.3, -0.25) is 4.79 Å². The zero-order chi connectivity index (χ0) is 9.90. The fourth-order valence-electron chi connectivity index (χ4n) is 1.23. The summed E-state index contributed by atoms with van der Waals surface area (Å²) in [5.74, 6) is -1.73. The van der Waals surface area contributed by atoms with Gasteiger partial charge >= 0.3 is 0 Å². The number of halogens is 2. The lowest BCUT2D eigenvalue weighted by Gasteiger charge is -2.19. The summed E-state index contributed by atoms with van der Waals surface area (Å²) in [6.07, 6.45) is 4.63. The van der Waals surface area contributed by atoms with Gasteiger partial charge in [0.05, 0.1) is 0 Å². The van der Waals surface area contributed by atoms with Crippen molar-refractivity contribution in [3.8, 4) is 0 Å². The topological polar surface area (TPSA) is 17.1 Å². The van der Waals surface area contributed by atoms with Crippen LogP contribution in [0.25, 0.3) is 0 Å². The molecule has 1 aliphatic rings. The summed E-state index contributed by atoms with van der Waals surface area (Å²) in [5, 5.41) is 0. The van der Waals surface area contributed by atoms with Gasteiger partial charge in [0.1, 0.15) is 0 Å². The van der Waals surface area contributed by atoms with Crippen molar-refractivity contribution < 1.29 is 13.6 Å². The van der Waals surface area contributed by atoms with E-state index >= 15 is 0 Å². The van der Waals surface area contributed by atoms with Crippen molar-refractivity contribution in [3.05, 3.63) is 24.1 Å². The third-order valence-corrected chi connectivity index (χ3v) is 2.03. The summed E-state index contributed by atoms with van der Waals surface area (Å²) in [6.45, 7) is 1.93. The molecule has 0 N–H and O–H groups in total. The minimum atomic E-state index is -1.76. The molecule has 1 rings (SSSR count). The van der Waals surface area contributed by atoms with Crippen molar-refractivity contribution in [2.75, 3.05) is 0 Å². The molecule has 0 aliphatic heterocycles. The van der Waals surface area contributed by atoms with Gasteiger partial charge in [-0.15, -0.1) is 0 Å². The van der Waals surface area contributed by atoms with Gasteiger partial charge in [-0.25, -0.2) is 8.78 Å². The number of alkyl halides is 1. The number of unbranched alkanes of at least 4 members (excludes halogenated alkanes) is 1. The van der Waals surface area contributed by atoms with Crippen molar-refractivity contribution in [1.82, 2.24) is 0 Å². The van der Waals surface area contributed by atoms with Gasteiger partial charge in [-0.05, 0) is 31.1 Å². The van der Waals surface area contributed by atoms with Gasteiger partial charge in [0.15, 0.2) is 11.5 Å². The molecule has 0 spiro atoms. The number of rotatable bonds is 3.